The summed E-state index contributed by atoms with van der Waals surface area (Å²) in [5.41, 5.74) is 1.28. The number of rotatable bonds is 4. The van der Waals surface area contributed by atoms with Crippen LogP contribution in [0.2, 0.25) is 0 Å². The Balaban J connectivity index is 1.48. The van der Waals surface area contributed by atoms with Crippen molar-refractivity contribution < 1.29 is 14.7 Å². The number of thiophene rings is 1. The van der Waals surface area contributed by atoms with Crippen molar-refractivity contribution >= 4 is 46.7 Å². The van der Waals surface area contributed by atoms with Crippen molar-refractivity contribution in [2.45, 2.75) is 15.5 Å². The van der Waals surface area contributed by atoms with Gasteiger partial charge in [-0.3, -0.25) is 9.69 Å². The van der Waals surface area contributed by atoms with E-state index >= 15 is 0 Å². The first kappa shape index (κ1) is 15.8. The topological polar surface area (TPSA) is 57.6 Å². The lowest BCUT2D eigenvalue weighted by Gasteiger charge is -2.47. The van der Waals surface area contributed by atoms with Crippen molar-refractivity contribution in [3.8, 4) is 10.4 Å². The third kappa shape index (κ3) is 2.66. The maximum atomic E-state index is 12.4. The maximum absolute atomic E-state index is 12.4. The number of amides is 1. The standard InChI is InChI=1S/C17H13NO3S3/c19-15-14(16-18(15)12(17(20)21)7-9-23-16)24-11-5-3-10(4-6-11)13-2-1-8-22-13/h1-8,14,16H,9H2,(H,20,21)/t14?,16-/m0/s1. The Bertz CT molecular complexity index is 814. The molecule has 24 heavy (non-hydrogen) atoms. The van der Waals surface area contributed by atoms with E-state index in [9.17, 15) is 14.7 Å². The second-order valence-corrected chi connectivity index (χ2v) is 8.68. The Morgan fingerprint density at radius 3 is 2.71 bits per heavy atom. The molecule has 2 atom stereocenters. The van der Waals surface area contributed by atoms with Gasteiger partial charge in [-0.2, -0.15) is 0 Å². The number of thioether (sulfide) groups is 2. The molecule has 0 aliphatic carbocycles. The number of carboxylic acids is 1. The molecule has 4 rings (SSSR count). The second kappa shape index (κ2) is 6.31. The van der Waals surface area contributed by atoms with Gasteiger partial charge in [0.15, 0.2) is 0 Å². The SMILES string of the molecule is O=C(O)C1=CCS[C@H]2C(Sc3ccc(-c4cccs4)cc3)C(=O)N12. The highest BCUT2D eigenvalue weighted by Crippen LogP contribution is 2.45. The van der Waals surface area contributed by atoms with Crippen LogP contribution in [0.3, 0.4) is 0 Å². The van der Waals surface area contributed by atoms with Crippen molar-refractivity contribution in [2.24, 2.45) is 0 Å². The molecule has 2 aromatic rings. The molecule has 2 aliphatic heterocycles. The minimum atomic E-state index is -1.03. The quantitative estimate of drug-likeness (QED) is 0.825. The van der Waals surface area contributed by atoms with E-state index in [2.05, 4.69) is 18.2 Å². The highest BCUT2D eigenvalue weighted by molar-refractivity contribution is 8.04. The summed E-state index contributed by atoms with van der Waals surface area (Å²) < 4.78 is 0. The molecule has 1 aromatic carbocycles. The number of hydrogen-bond acceptors (Lipinski definition) is 5. The van der Waals surface area contributed by atoms with Gasteiger partial charge < -0.3 is 5.11 Å². The zero-order valence-corrected chi connectivity index (χ0v) is 14.9. The summed E-state index contributed by atoms with van der Waals surface area (Å²) in [5, 5.41) is 10.9. The fourth-order valence-electron chi connectivity index (χ4n) is 2.77. The van der Waals surface area contributed by atoms with E-state index < -0.39 is 5.97 Å². The van der Waals surface area contributed by atoms with Gasteiger partial charge in [0.2, 0.25) is 5.91 Å². The molecule has 1 amide bonds. The normalized spacial score (nSPS) is 22.6. The van der Waals surface area contributed by atoms with E-state index in [-0.39, 0.29) is 22.2 Å². The molecule has 122 valence electrons. The number of β-lactam (4-membered cyclic amide) rings is 1. The molecule has 1 N–H and O–H groups in total. The third-order valence-corrected chi connectivity index (χ3v) is 7.47. The number of aliphatic carboxylic acids is 1. The van der Waals surface area contributed by atoms with E-state index in [0.717, 1.165) is 4.90 Å². The molecule has 0 radical (unpaired) electrons. The van der Waals surface area contributed by atoms with Crippen LogP contribution in [0.4, 0.5) is 0 Å². The van der Waals surface area contributed by atoms with Crippen LogP contribution in [0.15, 0.2) is 58.4 Å². The second-order valence-electron chi connectivity index (χ2n) is 5.37. The predicted octanol–water partition coefficient (Wildman–Crippen LogP) is 3.76. The fourth-order valence-corrected chi connectivity index (χ4v) is 6.05. The zero-order valence-electron chi connectivity index (χ0n) is 12.4. The van der Waals surface area contributed by atoms with E-state index in [4.69, 9.17) is 0 Å². The molecule has 1 aromatic heterocycles. The summed E-state index contributed by atoms with van der Waals surface area (Å²) in [4.78, 5) is 27.2. The Morgan fingerprint density at radius 1 is 1.25 bits per heavy atom. The van der Waals surface area contributed by atoms with Crippen molar-refractivity contribution in [1.29, 1.82) is 0 Å². The van der Waals surface area contributed by atoms with Gasteiger partial charge in [-0.1, -0.05) is 18.2 Å². The number of fused-ring (bicyclic) bond motifs is 1. The first-order chi connectivity index (χ1) is 11.6. The number of nitrogens with zero attached hydrogens (tertiary/aromatic N) is 1. The first-order valence-electron chi connectivity index (χ1n) is 7.34. The highest BCUT2D eigenvalue weighted by Gasteiger charge is 2.52. The van der Waals surface area contributed by atoms with Crippen LogP contribution < -0.4 is 0 Å². The Hall–Kier alpha value is -1.70. The lowest BCUT2D eigenvalue weighted by molar-refractivity contribution is -0.145. The fraction of sp³-hybridized carbons (Fsp3) is 0.176. The molecular formula is C17H13NO3S3. The molecule has 4 nitrogen and oxygen atoms in total. The van der Waals surface area contributed by atoms with Gasteiger partial charge in [0.1, 0.15) is 16.3 Å². The largest absolute Gasteiger partial charge is 0.477 e. The minimum absolute atomic E-state index is 0.0874. The Morgan fingerprint density at radius 2 is 2.04 bits per heavy atom. The van der Waals surface area contributed by atoms with Crippen LogP contribution >= 0.6 is 34.9 Å². The molecule has 1 unspecified atom stereocenters. The van der Waals surface area contributed by atoms with Crippen LogP contribution in [-0.4, -0.2) is 38.3 Å². The third-order valence-electron chi connectivity index (χ3n) is 3.94. The summed E-state index contributed by atoms with van der Waals surface area (Å²) in [6, 6.07) is 12.3. The highest BCUT2D eigenvalue weighted by atomic mass is 32.2. The Labute approximate surface area is 151 Å². The molecule has 0 bridgehead atoms. The van der Waals surface area contributed by atoms with Crippen LogP contribution in [0.25, 0.3) is 10.4 Å². The van der Waals surface area contributed by atoms with Gasteiger partial charge in [0.25, 0.3) is 0 Å². The molecule has 3 heterocycles. The summed E-state index contributed by atoms with van der Waals surface area (Å²) >= 11 is 4.82. The minimum Gasteiger partial charge on any atom is -0.477 e. The van der Waals surface area contributed by atoms with Crippen LogP contribution in [0.1, 0.15) is 0 Å². The zero-order chi connectivity index (χ0) is 16.7. The van der Waals surface area contributed by atoms with E-state index in [1.807, 2.05) is 23.6 Å². The average molecular weight is 375 g/mol. The number of hydrogen-bond donors (Lipinski definition) is 1. The van der Waals surface area contributed by atoms with Gasteiger partial charge >= 0.3 is 5.97 Å². The molecule has 0 spiro atoms. The van der Waals surface area contributed by atoms with E-state index in [1.54, 1.807) is 29.2 Å². The summed E-state index contributed by atoms with van der Waals surface area (Å²) in [6.45, 7) is 0. The number of carboxylic acid groups (broad SMARTS) is 1. The molecule has 2 aliphatic rings. The van der Waals surface area contributed by atoms with Crippen molar-refractivity contribution in [1.82, 2.24) is 4.90 Å². The van der Waals surface area contributed by atoms with Crippen molar-refractivity contribution in [3.05, 3.63) is 53.6 Å². The summed E-state index contributed by atoms with van der Waals surface area (Å²) in [5.74, 6) is -0.518. The first-order valence-corrected chi connectivity index (χ1v) is 10.1. The lowest BCUT2D eigenvalue weighted by atomic mass is 10.1. The van der Waals surface area contributed by atoms with Gasteiger partial charge in [-0.05, 0) is 35.2 Å². The molecule has 1 saturated heterocycles. The molecule has 0 saturated carbocycles. The maximum Gasteiger partial charge on any atom is 0.352 e. The van der Waals surface area contributed by atoms with Gasteiger partial charge in [-0.25, -0.2) is 4.79 Å². The van der Waals surface area contributed by atoms with Gasteiger partial charge in [0.05, 0.1) is 0 Å². The lowest BCUT2D eigenvalue weighted by Crippen LogP contribution is -2.62. The van der Waals surface area contributed by atoms with Gasteiger partial charge in [0, 0.05) is 15.5 Å². The van der Waals surface area contributed by atoms with E-state index in [0.29, 0.717) is 5.75 Å². The van der Waals surface area contributed by atoms with Crippen LogP contribution in [-0.2, 0) is 9.59 Å². The number of carbonyl (C=O) groups excluding carboxylic acids is 1. The summed E-state index contributed by atoms with van der Waals surface area (Å²) in [7, 11) is 0. The van der Waals surface area contributed by atoms with Crippen molar-refractivity contribution in [3.63, 3.8) is 0 Å². The van der Waals surface area contributed by atoms with Crippen LogP contribution in [0.5, 0.6) is 0 Å². The molecule has 7 heteroatoms. The molecule has 1 fully saturated rings. The van der Waals surface area contributed by atoms with Crippen molar-refractivity contribution in [2.75, 3.05) is 5.75 Å². The predicted molar refractivity (Wildman–Crippen MR) is 98.2 cm³/mol. The summed E-state index contributed by atoms with van der Waals surface area (Å²) in [6.07, 6.45) is 1.61. The smallest absolute Gasteiger partial charge is 0.352 e. The van der Waals surface area contributed by atoms with E-state index in [1.165, 1.54) is 27.1 Å². The van der Waals surface area contributed by atoms with Crippen LogP contribution in [0, 0.1) is 0 Å². The molecular weight excluding hydrogens is 362 g/mol. The average Bonchev–Trinajstić information content (AvgIpc) is 3.13. The Kier molecular flexibility index (Phi) is 4.15. The monoisotopic (exact) mass is 375 g/mol. The number of carbonyl (C=O) groups is 2. The number of benzene rings is 1. The van der Waals surface area contributed by atoms with Gasteiger partial charge in [-0.15, -0.1) is 34.9 Å².